The van der Waals surface area contributed by atoms with Crippen molar-refractivity contribution < 1.29 is 13.2 Å². The van der Waals surface area contributed by atoms with E-state index in [0.29, 0.717) is 22.6 Å². The molecule has 1 aromatic carbocycles. The van der Waals surface area contributed by atoms with Crippen molar-refractivity contribution >= 4 is 27.4 Å². The van der Waals surface area contributed by atoms with Crippen molar-refractivity contribution in [2.24, 2.45) is 0 Å². The van der Waals surface area contributed by atoms with Gasteiger partial charge in [-0.15, -0.1) is 0 Å². The van der Waals surface area contributed by atoms with E-state index in [-0.39, 0.29) is 0 Å². The fourth-order valence-electron chi connectivity index (χ4n) is 2.02. The maximum absolute atomic E-state index is 12.5. The van der Waals surface area contributed by atoms with Crippen LogP contribution in [0.15, 0.2) is 47.5 Å². The number of nitrogens with one attached hydrogen (secondary N) is 1. The number of aromatic nitrogens is 3. The standard InChI is InChI=1S/C14H10BrF3N4/c15-11-8-22-6-5-19-13(22)12(21-11)20-7-9-1-3-10(4-2-9)14(16,17)18/h1-6,8H,7H2,(H,20,21). The summed E-state index contributed by atoms with van der Waals surface area (Å²) in [6.45, 7) is 0.351. The summed E-state index contributed by atoms with van der Waals surface area (Å²) in [5, 5.41) is 3.08. The molecule has 0 aliphatic heterocycles. The Morgan fingerprint density at radius 2 is 1.91 bits per heavy atom. The van der Waals surface area contributed by atoms with E-state index in [1.807, 2.05) is 0 Å². The van der Waals surface area contributed by atoms with Gasteiger partial charge >= 0.3 is 6.18 Å². The van der Waals surface area contributed by atoms with Gasteiger partial charge in [0.2, 0.25) is 0 Å². The molecule has 0 radical (unpaired) electrons. The van der Waals surface area contributed by atoms with Crippen molar-refractivity contribution in [3.63, 3.8) is 0 Å². The Labute approximate surface area is 132 Å². The quantitative estimate of drug-likeness (QED) is 0.753. The molecule has 0 amide bonds. The summed E-state index contributed by atoms with van der Waals surface area (Å²) in [6.07, 6.45) is 0.878. The maximum atomic E-state index is 12.5. The molecule has 8 heteroatoms. The molecule has 114 valence electrons. The highest BCUT2D eigenvalue weighted by Gasteiger charge is 2.29. The van der Waals surface area contributed by atoms with Crippen LogP contribution in [0.3, 0.4) is 0 Å². The van der Waals surface area contributed by atoms with Crippen molar-refractivity contribution in [1.29, 1.82) is 0 Å². The zero-order valence-corrected chi connectivity index (χ0v) is 12.7. The Bertz CT molecular complexity index is 796. The van der Waals surface area contributed by atoms with Crippen molar-refractivity contribution in [2.75, 3.05) is 5.32 Å². The molecule has 0 atom stereocenters. The molecule has 0 spiro atoms. The van der Waals surface area contributed by atoms with Gasteiger partial charge in [-0.1, -0.05) is 12.1 Å². The third-order valence-electron chi connectivity index (χ3n) is 3.09. The van der Waals surface area contributed by atoms with Gasteiger partial charge in [-0.05, 0) is 33.6 Å². The third-order valence-corrected chi connectivity index (χ3v) is 3.47. The first-order valence-electron chi connectivity index (χ1n) is 6.33. The molecular formula is C14H10BrF3N4. The Kier molecular flexibility index (Phi) is 3.78. The van der Waals surface area contributed by atoms with Crippen LogP contribution in [0.25, 0.3) is 5.65 Å². The number of imidazole rings is 1. The van der Waals surface area contributed by atoms with Crippen molar-refractivity contribution in [1.82, 2.24) is 14.4 Å². The highest BCUT2D eigenvalue weighted by molar-refractivity contribution is 9.10. The van der Waals surface area contributed by atoms with Gasteiger partial charge in [0.15, 0.2) is 11.5 Å². The Morgan fingerprint density at radius 3 is 2.59 bits per heavy atom. The predicted molar refractivity (Wildman–Crippen MR) is 79.5 cm³/mol. The van der Waals surface area contributed by atoms with Gasteiger partial charge in [-0.2, -0.15) is 13.2 Å². The summed E-state index contributed by atoms with van der Waals surface area (Å²) in [6, 6.07) is 5.01. The van der Waals surface area contributed by atoms with Crippen LogP contribution in [-0.4, -0.2) is 14.4 Å². The Hall–Kier alpha value is -2.09. The number of benzene rings is 1. The van der Waals surface area contributed by atoms with Gasteiger partial charge in [0.25, 0.3) is 0 Å². The van der Waals surface area contributed by atoms with Gasteiger partial charge in [0, 0.05) is 25.1 Å². The van der Waals surface area contributed by atoms with Gasteiger partial charge in [-0.25, -0.2) is 9.97 Å². The second-order valence-electron chi connectivity index (χ2n) is 4.62. The van der Waals surface area contributed by atoms with E-state index in [4.69, 9.17) is 0 Å². The van der Waals surface area contributed by atoms with Crippen LogP contribution in [0.4, 0.5) is 19.0 Å². The molecule has 0 aliphatic rings. The van der Waals surface area contributed by atoms with E-state index in [9.17, 15) is 13.2 Å². The van der Waals surface area contributed by atoms with E-state index in [2.05, 4.69) is 31.2 Å². The van der Waals surface area contributed by atoms with Gasteiger partial charge in [-0.3, -0.25) is 0 Å². The lowest BCUT2D eigenvalue weighted by atomic mass is 10.1. The smallest absolute Gasteiger partial charge is 0.363 e. The number of halogens is 4. The second-order valence-corrected chi connectivity index (χ2v) is 5.43. The highest BCUT2D eigenvalue weighted by Crippen LogP contribution is 2.29. The molecule has 0 saturated heterocycles. The lowest BCUT2D eigenvalue weighted by Gasteiger charge is -2.10. The number of nitrogens with zero attached hydrogens (tertiary/aromatic N) is 3. The SMILES string of the molecule is FC(F)(F)c1ccc(CNc2nc(Br)cn3ccnc23)cc1. The topological polar surface area (TPSA) is 42.2 Å². The molecule has 3 aromatic rings. The maximum Gasteiger partial charge on any atom is 0.416 e. The summed E-state index contributed by atoms with van der Waals surface area (Å²) < 4.78 is 40.0. The lowest BCUT2D eigenvalue weighted by Crippen LogP contribution is -2.07. The lowest BCUT2D eigenvalue weighted by molar-refractivity contribution is -0.137. The summed E-state index contributed by atoms with van der Waals surface area (Å²) in [7, 11) is 0. The van der Waals surface area contributed by atoms with Crippen molar-refractivity contribution in [3.8, 4) is 0 Å². The van der Waals surface area contributed by atoms with E-state index < -0.39 is 11.7 Å². The molecule has 2 heterocycles. The zero-order valence-electron chi connectivity index (χ0n) is 11.1. The first-order chi connectivity index (χ1) is 10.4. The molecule has 0 saturated carbocycles. The average molecular weight is 371 g/mol. The molecule has 22 heavy (non-hydrogen) atoms. The average Bonchev–Trinajstić information content (AvgIpc) is 2.92. The Morgan fingerprint density at radius 1 is 1.18 bits per heavy atom. The van der Waals surface area contributed by atoms with Crippen LogP contribution in [0.5, 0.6) is 0 Å². The molecule has 0 aliphatic carbocycles. The number of anilines is 1. The van der Waals surface area contributed by atoms with Crippen LogP contribution in [-0.2, 0) is 12.7 Å². The third kappa shape index (κ3) is 3.06. The minimum atomic E-state index is -4.32. The fourth-order valence-corrected chi connectivity index (χ4v) is 2.41. The minimum Gasteiger partial charge on any atom is -0.363 e. The fraction of sp³-hybridized carbons (Fsp3) is 0.143. The van der Waals surface area contributed by atoms with Crippen LogP contribution < -0.4 is 5.32 Å². The summed E-state index contributed by atoms with van der Waals surface area (Å²) >= 11 is 3.30. The van der Waals surface area contributed by atoms with E-state index in [0.717, 1.165) is 17.7 Å². The number of hydrogen-bond acceptors (Lipinski definition) is 3. The molecule has 0 unspecified atom stereocenters. The van der Waals surface area contributed by atoms with Gasteiger partial charge < -0.3 is 9.72 Å². The normalized spacial score (nSPS) is 11.8. The van der Waals surface area contributed by atoms with Crippen LogP contribution in [0.1, 0.15) is 11.1 Å². The molecule has 0 fully saturated rings. The first-order valence-corrected chi connectivity index (χ1v) is 7.12. The molecule has 4 nitrogen and oxygen atoms in total. The predicted octanol–water partition coefficient (Wildman–Crippen LogP) is 4.12. The largest absolute Gasteiger partial charge is 0.416 e. The van der Waals surface area contributed by atoms with Crippen LogP contribution in [0, 0.1) is 0 Å². The molecular weight excluding hydrogens is 361 g/mol. The Balaban J connectivity index is 1.78. The number of hydrogen-bond donors (Lipinski definition) is 1. The molecule has 2 aromatic heterocycles. The summed E-state index contributed by atoms with van der Waals surface area (Å²) in [4.78, 5) is 8.47. The highest BCUT2D eigenvalue weighted by atomic mass is 79.9. The van der Waals surface area contributed by atoms with E-state index in [1.165, 1.54) is 12.1 Å². The second kappa shape index (κ2) is 5.60. The minimum absolute atomic E-state index is 0.351. The zero-order chi connectivity index (χ0) is 15.7. The van der Waals surface area contributed by atoms with E-state index in [1.54, 1.807) is 23.0 Å². The molecule has 3 rings (SSSR count). The number of fused-ring (bicyclic) bond motifs is 1. The van der Waals surface area contributed by atoms with Crippen LogP contribution >= 0.6 is 15.9 Å². The summed E-state index contributed by atoms with van der Waals surface area (Å²) in [5.74, 6) is 0.555. The number of alkyl halides is 3. The molecule has 1 N–H and O–H groups in total. The summed E-state index contributed by atoms with van der Waals surface area (Å²) in [5.41, 5.74) is 0.710. The monoisotopic (exact) mass is 370 g/mol. The first kappa shape index (κ1) is 14.8. The van der Waals surface area contributed by atoms with Gasteiger partial charge in [0.1, 0.15) is 4.60 Å². The van der Waals surface area contributed by atoms with Crippen molar-refractivity contribution in [3.05, 3.63) is 58.6 Å². The number of rotatable bonds is 3. The van der Waals surface area contributed by atoms with Gasteiger partial charge in [0.05, 0.1) is 5.56 Å². The van der Waals surface area contributed by atoms with Crippen LogP contribution in [0.2, 0.25) is 0 Å². The van der Waals surface area contributed by atoms with E-state index >= 15 is 0 Å². The molecule has 0 bridgehead atoms. The van der Waals surface area contributed by atoms with Crippen molar-refractivity contribution in [2.45, 2.75) is 12.7 Å².